The van der Waals surface area contributed by atoms with Crippen molar-refractivity contribution in [3.05, 3.63) is 89.4 Å². The molecule has 0 saturated heterocycles. The maximum Gasteiger partial charge on any atom is 0.277 e. The predicted octanol–water partition coefficient (Wildman–Crippen LogP) is 3.67. The summed E-state index contributed by atoms with van der Waals surface area (Å²) in [4.78, 5) is 32.3. The number of anilines is 1. The molecule has 0 aliphatic carbocycles. The molecule has 6 nitrogen and oxygen atoms in total. The highest BCUT2D eigenvalue weighted by Crippen LogP contribution is 2.49. The van der Waals surface area contributed by atoms with Gasteiger partial charge in [0.1, 0.15) is 11.6 Å². The van der Waals surface area contributed by atoms with Gasteiger partial charge in [0.05, 0.1) is 6.26 Å². The van der Waals surface area contributed by atoms with Gasteiger partial charge in [0.15, 0.2) is 5.76 Å². The van der Waals surface area contributed by atoms with Gasteiger partial charge in [-0.05, 0) is 25.1 Å². The summed E-state index contributed by atoms with van der Waals surface area (Å²) in [5.74, 6) is -1.57. The van der Waals surface area contributed by atoms with Crippen molar-refractivity contribution < 1.29 is 18.8 Å². The molecular weight excluding hydrogens is 356 g/mol. The fraction of sp³-hybridized carbons (Fsp3) is 0.136. The van der Waals surface area contributed by atoms with E-state index in [2.05, 4.69) is 10.5 Å². The molecule has 0 bridgehead atoms. The highest BCUT2D eigenvalue weighted by Gasteiger charge is 2.63. The number of para-hydroxylation sites is 1. The number of nitrogens with zero attached hydrogens (tertiary/aromatic N) is 1. The predicted molar refractivity (Wildman–Crippen MR) is 102 cm³/mol. The van der Waals surface area contributed by atoms with Crippen LogP contribution in [0.2, 0.25) is 0 Å². The Bertz CT molecular complexity index is 1120. The van der Waals surface area contributed by atoms with E-state index >= 15 is 0 Å². The first kappa shape index (κ1) is 16.5. The first-order chi connectivity index (χ1) is 13.6. The number of fused-ring (bicyclic) bond motifs is 2. The molecule has 0 saturated carbocycles. The highest BCUT2D eigenvalue weighted by atomic mass is 16.7. The average Bonchev–Trinajstić information content (AvgIpc) is 3.42. The van der Waals surface area contributed by atoms with Crippen molar-refractivity contribution in [3.8, 4) is 0 Å². The van der Waals surface area contributed by atoms with Crippen LogP contribution >= 0.6 is 0 Å². The Labute approximate surface area is 160 Å². The van der Waals surface area contributed by atoms with Crippen LogP contribution in [-0.2, 0) is 15.2 Å². The van der Waals surface area contributed by atoms with Gasteiger partial charge in [0.2, 0.25) is 5.78 Å². The van der Waals surface area contributed by atoms with Crippen LogP contribution in [0.5, 0.6) is 0 Å². The van der Waals surface area contributed by atoms with Gasteiger partial charge in [-0.15, -0.1) is 0 Å². The van der Waals surface area contributed by atoms with Crippen LogP contribution in [0.4, 0.5) is 5.69 Å². The summed E-state index contributed by atoms with van der Waals surface area (Å²) >= 11 is 0. The Kier molecular flexibility index (Phi) is 3.49. The van der Waals surface area contributed by atoms with Gasteiger partial charge in [-0.1, -0.05) is 53.2 Å². The monoisotopic (exact) mass is 372 g/mol. The Hall–Kier alpha value is -3.67. The summed E-state index contributed by atoms with van der Waals surface area (Å²) in [7, 11) is 0. The molecule has 5 rings (SSSR count). The molecule has 0 fully saturated rings. The maximum atomic E-state index is 13.4. The molecule has 0 radical (unpaired) electrons. The summed E-state index contributed by atoms with van der Waals surface area (Å²) in [5.41, 5.74) is 1.87. The molecule has 138 valence electrons. The van der Waals surface area contributed by atoms with Crippen molar-refractivity contribution in [1.82, 2.24) is 0 Å². The zero-order valence-corrected chi connectivity index (χ0v) is 15.0. The van der Waals surface area contributed by atoms with Crippen LogP contribution in [0.15, 0.2) is 76.5 Å². The second kappa shape index (κ2) is 5.92. The van der Waals surface area contributed by atoms with Crippen LogP contribution in [0.1, 0.15) is 27.2 Å². The Morgan fingerprint density at radius 2 is 1.86 bits per heavy atom. The van der Waals surface area contributed by atoms with Gasteiger partial charge in [-0.3, -0.25) is 9.59 Å². The minimum atomic E-state index is -1.55. The molecule has 1 amide bonds. The topological polar surface area (TPSA) is 80.9 Å². The van der Waals surface area contributed by atoms with E-state index in [4.69, 9.17) is 9.25 Å². The Balaban J connectivity index is 1.70. The zero-order valence-electron chi connectivity index (χ0n) is 15.0. The SMILES string of the molecule is Cc1ccc(C2=NO[C@]3(C(=O)Nc4ccccc43)[C@@H]2C(=O)c2ccco2)cc1. The van der Waals surface area contributed by atoms with E-state index in [1.807, 2.05) is 43.3 Å². The summed E-state index contributed by atoms with van der Waals surface area (Å²) in [6.07, 6.45) is 1.43. The first-order valence-electron chi connectivity index (χ1n) is 8.93. The van der Waals surface area contributed by atoms with E-state index < -0.39 is 17.4 Å². The van der Waals surface area contributed by atoms with Crippen LogP contribution in [0, 0.1) is 12.8 Å². The van der Waals surface area contributed by atoms with E-state index in [9.17, 15) is 9.59 Å². The number of hydrogen-bond donors (Lipinski definition) is 1. The van der Waals surface area contributed by atoms with Crippen molar-refractivity contribution in [1.29, 1.82) is 0 Å². The molecular formula is C22H16N2O4. The molecule has 1 N–H and O–H groups in total. The highest BCUT2D eigenvalue weighted by molar-refractivity contribution is 6.24. The molecule has 2 aliphatic heterocycles. The number of nitrogens with one attached hydrogen (secondary N) is 1. The number of carbonyl (C=O) groups excluding carboxylic acids is 2. The average molecular weight is 372 g/mol. The van der Waals surface area contributed by atoms with Gasteiger partial charge in [0.25, 0.3) is 11.5 Å². The standard InChI is InChI=1S/C22H16N2O4/c1-13-8-10-14(11-9-13)19-18(20(25)17-7-4-12-27-17)22(28-24-19)15-5-2-3-6-16(15)23-21(22)26/h2-12,18H,1H3,(H,23,26)/t18-,22-/m0/s1. The minimum Gasteiger partial charge on any atom is -0.461 e. The number of amides is 1. The Morgan fingerprint density at radius 1 is 1.07 bits per heavy atom. The number of ketones is 1. The summed E-state index contributed by atoms with van der Waals surface area (Å²) < 4.78 is 5.35. The van der Waals surface area contributed by atoms with E-state index in [-0.39, 0.29) is 11.5 Å². The molecule has 6 heteroatoms. The van der Waals surface area contributed by atoms with Crippen LogP contribution in [0.3, 0.4) is 0 Å². The zero-order chi connectivity index (χ0) is 19.3. The lowest BCUT2D eigenvalue weighted by Crippen LogP contribution is -2.46. The summed E-state index contributed by atoms with van der Waals surface area (Å²) in [6.45, 7) is 1.98. The second-order valence-corrected chi connectivity index (χ2v) is 6.94. The van der Waals surface area contributed by atoms with Gasteiger partial charge < -0.3 is 14.6 Å². The molecule has 3 aromatic rings. The maximum absolute atomic E-state index is 13.4. The molecule has 2 aliphatic rings. The molecule has 0 unspecified atom stereocenters. The number of Topliss-reactive ketones (excluding diaryl/α,β-unsaturated/α-hetero) is 1. The number of rotatable bonds is 3. The fourth-order valence-electron chi connectivity index (χ4n) is 3.86. The van der Waals surface area contributed by atoms with Gasteiger partial charge in [-0.2, -0.15) is 0 Å². The lowest BCUT2D eigenvalue weighted by atomic mass is 9.75. The molecule has 28 heavy (non-hydrogen) atoms. The summed E-state index contributed by atoms with van der Waals surface area (Å²) in [6, 6.07) is 18.0. The van der Waals surface area contributed by atoms with E-state index in [0.29, 0.717) is 17.0 Å². The quantitative estimate of drug-likeness (QED) is 0.712. The summed E-state index contributed by atoms with van der Waals surface area (Å²) in [5, 5.41) is 7.05. The van der Waals surface area contributed by atoms with Crippen LogP contribution in [0.25, 0.3) is 0 Å². The third-order valence-electron chi connectivity index (χ3n) is 5.25. The van der Waals surface area contributed by atoms with Gasteiger partial charge in [0, 0.05) is 16.8 Å². The first-order valence-corrected chi connectivity index (χ1v) is 8.93. The smallest absolute Gasteiger partial charge is 0.277 e. The van der Waals surface area contributed by atoms with Crippen molar-refractivity contribution in [2.45, 2.75) is 12.5 Å². The number of aryl methyl sites for hydroxylation is 1. The molecule has 1 aromatic heterocycles. The third kappa shape index (κ3) is 2.18. The number of oxime groups is 1. The van der Waals surface area contributed by atoms with Gasteiger partial charge >= 0.3 is 0 Å². The fourth-order valence-corrected chi connectivity index (χ4v) is 3.86. The number of furan rings is 1. The number of carbonyl (C=O) groups is 2. The van der Waals surface area contributed by atoms with Gasteiger partial charge in [-0.25, -0.2) is 0 Å². The second-order valence-electron chi connectivity index (χ2n) is 6.94. The number of hydrogen-bond acceptors (Lipinski definition) is 5. The van der Waals surface area contributed by atoms with E-state index in [1.54, 1.807) is 24.3 Å². The normalized spacial score (nSPS) is 22.5. The molecule has 2 aromatic carbocycles. The van der Waals surface area contributed by atoms with Crippen LogP contribution < -0.4 is 5.32 Å². The minimum absolute atomic E-state index is 0.159. The Morgan fingerprint density at radius 3 is 2.61 bits per heavy atom. The molecule has 1 spiro atoms. The van der Waals surface area contributed by atoms with E-state index in [1.165, 1.54) is 6.26 Å². The van der Waals surface area contributed by atoms with Crippen molar-refractivity contribution in [2.75, 3.05) is 5.32 Å². The number of benzene rings is 2. The molecule has 3 heterocycles. The largest absolute Gasteiger partial charge is 0.461 e. The lowest BCUT2D eigenvalue weighted by molar-refractivity contribution is -0.140. The molecule has 2 atom stereocenters. The van der Waals surface area contributed by atoms with E-state index in [0.717, 1.165) is 11.1 Å². The van der Waals surface area contributed by atoms with Crippen molar-refractivity contribution >= 4 is 23.1 Å². The lowest BCUT2D eigenvalue weighted by Gasteiger charge is -2.26. The van der Waals surface area contributed by atoms with Crippen molar-refractivity contribution in [3.63, 3.8) is 0 Å². The van der Waals surface area contributed by atoms with Crippen molar-refractivity contribution in [2.24, 2.45) is 11.1 Å². The van der Waals surface area contributed by atoms with Crippen LogP contribution in [-0.4, -0.2) is 17.4 Å². The third-order valence-corrected chi connectivity index (χ3v) is 5.25.